The van der Waals surface area contributed by atoms with Crippen LogP contribution in [0.5, 0.6) is 0 Å². The van der Waals surface area contributed by atoms with E-state index < -0.39 is 0 Å². The highest BCUT2D eigenvalue weighted by molar-refractivity contribution is 5.27. The van der Waals surface area contributed by atoms with Gasteiger partial charge in [-0.15, -0.1) is 0 Å². The van der Waals surface area contributed by atoms with Crippen LogP contribution in [-0.4, -0.2) is 9.55 Å². The summed E-state index contributed by atoms with van der Waals surface area (Å²) in [5.41, 5.74) is 8.25. The van der Waals surface area contributed by atoms with Gasteiger partial charge in [-0.25, -0.2) is 4.98 Å². The van der Waals surface area contributed by atoms with Crippen LogP contribution < -0.4 is 5.73 Å². The van der Waals surface area contributed by atoms with Gasteiger partial charge in [-0.2, -0.15) is 0 Å². The van der Waals surface area contributed by atoms with Crippen LogP contribution in [0.2, 0.25) is 0 Å². The lowest BCUT2D eigenvalue weighted by molar-refractivity contribution is 0.607. The van der Waals surface area contributed by atoms with Crippen molar-refractivity contribution in [2.24, 2.45) is 0 Å². The highest BCUT2D eigenvalue weighted by Crippen LogP contribution is 2.12. The summed E-state index contributed by atoms with van der Waals surface area (Å²) >= 11 is 0. The molecule has 3 nitrogen and oxygen atoms in total. The average molecular weight is 243 g/mol. The molecule has 0 aliphatic carbocycles. The maximum atomic E-state index is 5.93. The van der Waals surface area contributed by atoms with E-state index in [-0.39, 0.29) is 0 Å². The Morgan fingerprint density at radius 2 is 1.94 bits per heavy atom. The first-order chi connectivity index (χ1) is 8.79. The monoisotopic (exact) mass is 243 g/mol. The number of rotatable bonds is 6. The Bertz CT molecular complexity index is 474. The lowest BCUT2D eigenvalue weighted by Crippen LogP contribution is -2.02. The van der Waals surface area contributed by atoms with Crippen molar-refractivity contribution in [3.8, 4) is 0 Å². The molecule has 18 heavy (non-hydrogen) atoms. The second-order valence-electron chi connectivity index (χ2n) is 4.65. The molecule has 0 aliphatic rings. The van der Waals surface area contributed by atoms with Crippen LogP contribution in [0, 0.1) is 0 Å². The SMILES string of the molecule is CCCCCn1cc(Cc2ccccc2)nc1N. The Kier molecular flexibility index (Phi) is 4.40. The molecule has 0 bridgehead atoms. The molecule has 3 heteroatoms. The van der Waals surface area contributed by atoms with Gasteiger partial charge in [-0.05, 0) is 12.0 Å². The Labute approximate surface area is 109 Å². The molecule has 0 unspecified atom stereocenters. The minimum atomic E-state index is 0.636. The number of aromatic nitrogens is 2. The fourth-order valence-corrected chi connectivity index (χ4v) is 2.09. The molecule has 2 N–H and O–H groups in total. The maximum Gasteiger partial charge on any atom is 0.200 e. The van der Waals surface area contributed by atoms with Gasteiger partial charge in [0.1, 0.15) is 0 Å². The van der Waals surface area contributed by atoms with E-state index in [2.05, 4.69) is 46.9 Å². The largest absolute Gasteiger partial charge is 0.369 e. The third kappa shape index (κ3) is 3.36. The minimum Gasteiger partial charge on any atom is -0.369 e. The minimum absolute atomic E-state index is 0.636. The van der Waals surface area contributed by atoms with Gasteiger partial charge in [0.2, 0.25) is 0 Å². The quantitative estimate of drug-likeness (QED) is 0.791. The van der Waals surface area contributed by atoms with Crippen molar-refractivity contribution in [1.29, 1.82) is 0 Å². The summed E-state index contributed by atoms with van der Waals surface area (Å²) in [5.74, 6) is 0.636. The summed E-state index contributed by atoms with van der Waals surface area (Å²) in [6.07, 6.45) is 6.57. The topological polar surface area (TPSA) is 43.8 Å². The van der Waals surface area contributed by atoms with Crippen molar-refractivity contribution < 1.29 is 0 Å². The fourth-order valence-electron chi connectivity index (χ4n) is 2.09. The van der Waals surface area contributed by atoms with Crippen LogP contribution in [0.1, 0.15) is 37.4 Å². The van der Waals surface area contributed by atoms with Crippen molar-refractivity contribution in [1.82, 2.24) is 9.55 Å². The Balaban J connectivity index is 2.00. The normalized spacial score (nSPS) is 10.7. The molecular formula is C15H21N3. The molecule has 0 saturated heterocycles. The fraction of sp³-hybridized carbons (Fsp3) is 0.400. The molecule has 1 aromatic heterocycles. The first-order valence-corrected chi connectivity index (χ1v) is 6.65. The van der Waals surface area contributed by atoms with Gasteiger partial charge >= 0.3 is 0 Å². The Morgan fingerprint density at radius 3 is 2.67 bits per heavy atom. The predicted molar refractivity (Wildman–Crippen MR) is 75.4 cm³/mol. The highest BCUT2D eigenvalue weighted by Gasteiger charge is 2.05. The summed E-state index contributed by atoms with van der Waals surface area (Å²) in [4.78, 5) is 4.43. The highest BCUT2D eigenvalue weighted by atomic mass is 15.1. The number of anilines is 1. The number of nitrogen functional groups attached to an aromatic ring is 1. The van der Waals surface area contributed by atoms with Gasteiger partial charge < -0.3 is 10.3 Å². The van der Waals surface area contributed by atoms with Gasteiger partial charge in [-0.1, -0.05) is 50.1 Å². The second-order valence-corrected chi connectivity index (χ2v) is 4.65. The van der Waals surface area contributed by atoms with Gasteiger partial charge in [0.15, 0.2) is 5.95 Å². The molecule has 0 aliphatic heterocycles. The summed E-state index contributed by atoms with van der Waals surface area (Å²) < 4.78 is 2.06. The van der Waals surface area contributed by atoms with Gasteiger partial charge in [0.05, 0.1) is 5.69 Å². The zero-order valence-corrected chi connectivity index (χ0v) is 11.0. The Hall–Kier alpha value is -1.77. The van der Waals surface area contributed by atoms with E-state index in [4.69, 9.17) is 5.73 Å². The van der Waals surface area contributed by atoms with Gasteiger partial charge in [0.25, 0.3) is 0 Å². The molecule has 0 saturated carbocycles. The second kappa shape index (κ2) is 6.24. The molecule has 2 aromatic rings. The molecular weight excluding hydrogens is 222 g/mol. The number of aryl methyl sites for hydroxylation is 1. The number of hydrogen-bond acceptors (Lipinski definition) is 2. The van der Waals surface area contributed by atoms with Crippen molar-refractivity contribution >= 4 is 5.95 Å². The van der Waals surface area contributed by atoms with E-state index >= 15 is 0 Å². The Morgan fingerprint density at radius 1 is 1.17 bits per heavy atom. The van der Waals surface area contributed by atoms with Crippen molar-refractivity contribution in [2.45, 2.75) is 39.2 Å². The van der Waals surface area contributed by atoms with Crippen LogP contribution in [0.3, 0.4) is 0 Å². The number of unbranched alkanes of at least 4 members (excludes halogenated alkanes) is 2. The van der Waals surface area contributed by atoms with E-state index in [1.165, 1.54) is 24.8 Å². The maximum absolute atomic E-state index is 5.93. The van der Waals surface area contributed by atoms with E-state index in [1.54, 1.807) is 0 Å². The first-order valence-electron chi connectivity index (χ1n) is 6.65. The molecule has 2 rings (SSSR count). The zero-order chi connectivity index (χ0) is 12.8. The summed E-state index contributed by atoms with van der Waals surface area (Å²) in [6.45, 7) is 3.18. The van der Waals surface area contributed by atoms with Crippen molar-refractivity contribution in [3.63, 3.8) is 0 Å². The molecule has 0 fully saturated rings. The van der Waals surface area contributed by atoms with Crippen LogP contribution >= 0.6 is 0 Å². The molecule has 96 valence electrons. The number of nitrogens with zero attached hydrogens (tertiary/aromatic N) is 2. The third-order valence-electron chi connectivity index (χ3n) is 3.09. The van der Waals surface area contributed by atoms with Gasteiger partial charge in [0, 0.05) is 19.2 Å². The molecule has 1 aromatic carbocycles. The number of nitrogens with two attached hydrogens (primary N) is 1. The molecule has 0 radical (unpaired) electrons. The summed E-state index contributed by atoms with van der Waals surface area (Å²) in [5, 5.41) is 0. The standard InChI is InChI=1S/C15H21N3/c1-2-3-7-10-18-12-14(17-15(18)16)11-13-8-5-4-6-9-13/h4-6,8-9,12H,2-3,7,10-11H2,1H3,(H2,16,17). The molecule has 1 heterocycles. The van der Waals surface area contributed by atoms with Crippen LogP contribution in [0.15, 0.2) is 36.5 Å². The van der Waals surface area contributed by atoms with E-state index in [1.807, 2.05) is 6.07 Å². The van der Waals surface area contributed by atoms with Crippen LogP contribution in [0.4, 0.5) is 5.95 Å². The lowest BCUT2D eigenvalue weighted by Gasteiger charge is -2.02. The van der Waals surface area contributed by atoms with Crippen molar-refractivity contribution in [3.05, 3.63) is 47.8 Å². The average Bonchev–Trinajstić information content (AvgIpc) is 2.71. The van der Waals surface area contributed by atoms with Gasteiger partial charge in [-0.3, -0.25) is 0 Å². The summed E-state index contributed by atoms with van der Waals surface area (Å²) in [7, 11) is 0. The predicted octanol–water partition coefficient (Wildman–Crippen LogP) is 3.25. The van der Waals surface area contributed by atoms with E-state index in [0.29, 0.717) is 5.95 Å². The summed E-state index contributed by atoms with van der Waals surface area (Å²) in [6, 6.07) is 10.4. The smallest absolute Gasteiger partial charge is 0.200 e. The van der Waals surface area contributed by atoms with E-state index in [0.717, 1.165) is 18.7 Å². The zero-order valence-electron chi connectivity index (χ0n) is 11.0. The number of benzene rings is 1. The lowest BCUT2D eigenvalue weighted by atomic mass is 10.1. The van der Waals surface area contributed by atoms with Crippen LogP contribution in [-0.2, 0) is 13.0 Å². The van der Waals surface area contributed by atoms with Crippen LogP contribution in [0.25, 0.3) is 0 Å². The van der Waals surface area contributed by atoms with E-state index in [9.17, 15) is 0 Å². The van der Waals surface area contributed by atoms with Crippen molar-refractivity contribution in [2.75, 3.05) is 5.73 Å². The molecule has 0 atom stereocenters. The molecule has 0 spiro atoms. The molecule has 0 amide bonds. The number of imidazole rings is 1. The third-order valence-corrected chi connectivity index (χ3v) is 3.09. The number of hydrogen-bond donors (Lipinski definition) is 1. The first kappa shape index (κ1) is 12.7.